The van der Waals surface area contributed by atoms with E-state index in [2.05, 4.69) is 21.4 Å². The third kappa shape index (κ3) is 5.82. The van der Waals surface area contributed by atoms with Gasteiger partial charge in [0.25, 0.3) is 11.8 Å². The molecule has 1 heterocycles. The molecule has 0 atom stereocenters. The topological polar surface area (TPSA) is 58.6 Å². The highest BCUT2D eigenvalue weighted by Gasteiger charge is 2.34. The predicted octanol–water partition coefficient (Wildman–Crippen LogP) is 6.88. The van der Waals surface area contributed by atoms with E-state index in [9.17, 15) is 9.59 Å². The van der Waals surface area contributed by atoms with Crippen LogP contribution in [-0.4, -0.2) is 21.1 Å². The molecule has 1 aliphatic rings. The van der Waals surface area contributed by atoms with Crippen molar-refractivity contribution in [1.29, 1.82) is 0 Å². The van der Waals surface area contributed by atoms with Crippen LogP contribution in [0.1, 0.15) is 21.5 Å². The molecule has 172 valence electrons. The number of thioether (sulfide) groups is 1. The summed E-state index contributed by atoms with van der Waals surface area (Å²) in [6.07, 6.45) is 1.68. The number of hydrogen-bond donors (Lipinski definition) is 1. The Hall–Kier alpha value is -2.36. The average molecular weight is 594 g/mol. The van der Waals surface area contributed by atoms with Gasteiger partial charge in [0.05, 0.1) is 4.91 Å². The summed E-state index contributed by atoms with van der Waals surface area (Å²) in [6.45, 7) is 0.263. The number of benzene rings is 3. The van der Waals surface area contributed by atoms with Gasteiger partial charge in [-0.1, -0.05) is 75.2 Å². The summed E-state index contributed by atoms with van der Waals surface area (Å²) in [6, 6.07) is 19.3. The number of ether oxygens (including phenoxy) is 1. The molecular weight excluding hydrogens is 579 g/mol. The molecule has 34 heavy (non-hydrogen) atoms. The molecule has 0 aromatic heterocycles. The normalized spacial score (nSPS) is 14.6. The maximum atomic E-state index is 13.0. The Morgan fingerprint density at radius 1 is 1.12 bits per heavy atom. The summed E-state index contributed by atoms with van der Waals surface area (Å²) in [5, 5.41) is 2.08. The highest BCUT2D eigenvalue weighted by atomic mass is 79.9. The van der Waals surface area contributed by atoms with E-state index in [0.717, 1.165) is 26.8 Å². The molecule has 0 unspecified atom stereocenters. The first kappa shape index (κ1) is 24.8. The second-order valence-electron chi connectivity index (χ2n) is 7.03. The van der Waals surface area contributed by atoms with Crippen LogP contribution in [0.4, 0.5) is 0 Å². The van der Waals surface area contributed by atoms with Crippen LogP contribution in [-0.2, 0) is 11.4 Å². The lowest BCUT2D eigenvalue weighted by Gasteiger charge is -2.15. The Balaban J connectivity index is 1.54. The number of nitrogens with one attached hydrogen (secondary N) is 1. The highest BCUT2D eigenvalue weighted by molar-refractivity contribution is 9.10. The monoisotopic (exact) mass is 592 g/mol. The fourth-order valence-electron chi connectivity index (χ4n) is 3.04. The van der Waals surface area contributed by atoms with Crippen LogP contribution in [0.3, 0.4) is 0 Å². The summed E-state index contributed by atoms with van der Waals surface area (Å²) in [5.41, 5.74) is 4.37. The number of carbonyl (C=O) groups excluding carboxylic acids is 2. The summed E-state index contributed by atoms with van der Waals surface area (Å²) in [7, 11) is 0. The van der Waals surface area contributed by atoms with E-state index in [1.165, 1.54) is 6.07 Å². The van der Waals surface area contributed by atoms with Crippen molar-refractivity contribution in [3.63, 3.8) is 0 Å². The molecule has 0 bridgehead atoms. The number of nitrogens with zero attached hydrogens (tertiary/aromatic N) is 1. The lowest BCUT2D eigenvalue weighted by atomic mass is 10.1. The molecule has 1 aliphatic heterocycles. The molecule has 0 spiro atoms. The second-order valence-corrected chi connectivity index (χ2v) is 10.5. The van der Waals surface area contributed by atoms with Gasteiger partial charge in [0.2, 0.25) is 0 Å². The standard InChI is InChI=1S/C24H15BrCl2N2O3S2/c25-17-8-9-20(32-13-15-4-1-2-7-19(15)27)16(10-17)12-21-23(31)29(24(33)34-21)28-22(30)14-5-3-6-18(26)11-14/h1-12H,13H2,(H,28,30)/b21-12+. The van der Waals surface area contributed by atoms with Gasteiger partial charge in [-0.15, -0.1) is 0 Å². The lowest BCUT2D eigenvalue weighted by Crippen LogP contribution is -2.44. The fourth-order valence-corrected chi connectivity index (χ4v) is 4.97. The van der Waals surface area contributed by atoms with Gasteiger partial charge in [-0.25, -0.2) is 0 Å². The molecule has 1 fully saturated rings. The van der Waals surface area contributed by atoms with Crippen LogP contribution < -0.4 is 10.2 Å². The van der Waals surface area contributed by atoms with Gasteiger partial charge < -0.3 is 4.74 Å². The van der Waals surface area contributed by atoms with Crippen molar-refractivity contribution in [2.24, 2.45) is 0 Å². The van der Waals surface area contributed by atoms with Gasteiger partial charge in [-0.3, -0.25) is 15.0 Å². The van der Waals surface area contributed by atoms with E-state index >= 15 is 0 Å². The molecular formula is C24H15BrCl2N2O3S2. The van der Waals surface area contributed by atoms with E-state index in [0.29, 0.717) is 31.8 Å². The summed E-state index contributed by atoms with van der Waals surface area (Å²) >= 11 is 22.0. The molecule has 4 rings (SSSR count). The van der Waals surface area contributed by atoms with Crippen molar-refractivity contribution in [3.05, 3.63) is 103 Å². The Kier molecular flexibility index (Phi) is 7.95. The number of thiocarbonyl (C=S) groups is 1. The maximum absolute atomic E-state index is 13.0. The first-order chi connectivity index (χ1) is 16.3. The number of halogens is 3. The zero-order valence-electron chi connectivity index (χ0n) is 17.3. The molecule has 5 nitrogen and oxygen atoms in total. The molecule has 0 aliphatic carbocycles. The van der Waals surface area contributed by atoms with Gasteiger partial charge in [0.1, 0.15) is 12.4 Å². The zero-order valence-corrected chi connectivity index (χ0v) is 22.0. The smallest absolute Gasteiger partial charge is 0.285 e. The summed E-state index contributed by atoms with van der Waals surface area (Å²) < 4.78 is 7.01. The van der Waals surface area contributed by atoms with E-state index in [1.807, 2.05) is 30.3 Å². The molecule has 1 saturated heterocycles. The summed E-state index contributed by atoms with van der Waals surface area (Å²) in [4.78, 5) is 25.9. The Morgan fingerprint density at radius 3 is 2.68 bits per heavy atom. The van der Waals surface area contributed by atoms with Crippen molar-refractivity contribution in [2.75, 3.05) is 0 Å². The number of amides is 2. The third-order valence-corrected chi connectivity index (χ3v) is 7.09. The zero-order chi connectivity index (χ0) is 24.2. The van der Waals surface area contributed by atoms with Crippen LogP contribution in [0.2, 0.25) is 10.0 Å². The average Bonchev–Trinajstić information content (AvgIpc) is 3.07. The number of hydrazine groups is 1. The molecule has 3 aromatic rings. The van der Waals surface area contributed by atoms with Crippen molar-refractivity contribution < 1.29 is 14.3 Å². The minimum Gasteiger partial charge on any atom is -0.488 e. The van der Waals surface area contributed by atoms with Crippen molar-refractivity contribution in [1.82, 2.24) is 10.4 Å². The first-order valence-corrected chi connectivity index (χ1v) is 12.6. The maximum Gasteiger partial charge on any atom is 0.285 e. The van der Waals surface area contributed by atoms with Crippen LogP contribution in [0.5, 0.6) is 5.75 Å². The number of hydrogen-bond acceptors (Lipinski definition) is 5. The molecule has 0 saturated carbocycles. The van der Waals surface area contributed by atoms with Gasteiger partial charge in [0, 0.05) is 31.2 Å². The minimum atomic E-state index is -0.494. The van der Waals surface area contributed by atoms with Gasteiger partial charge >= 0.3 is 0 Å². The van der Waals surface area contributed by atoms with E-state index in [4.69, 9.17) is 40.2 Å². The Labute approximate surface area is 224 Å². The van der Waals surface area contributed by atoms with E-state index in [1.54, 1.807) is 36.4 Å². The largest absolute Gasteiger partial charge is 0.488 e. The second kappa shape index (κ2) is 10.9. The van der Waals surface area contributed by atoms with Crippen LogP contribution in [0, 0.1) is 0 Å². The van der Waals surface area contributed by atoms with Gasteiger partial charge in [-0.2, -0.15) is 5.01 Å². The minimum absolute atomic E-state index is 0.208. The van der Waals surface area contributed by atoms with Crippen molar-refractivity contribution in [3.8, 4) is 5.75 Å². The van der Waals surface area contributed by atoms with Gasteiger partial charge in [0.15, 0.2) is 4.32 Å². The summed E-state index contributed by atoms with van der Waals surface area (Å²) in [5.74, 6) is -0.370. The molecule has 10 heteroatoms. The van der Waals surface area contributed by atoms with Crippen LogP contribution in [0.25, 0.3) is 6.08 Å². The predicted molar refractivity (Wildman–Crippen MR) is 144 cm³/mol. The van der Waals surface area contributed by atoms with Crippen LogP contribution in [0.15, 0.2) is 76.1 Å². The molecule has 0 radical (unpaired) electrons. The SMILES string of the molecule is O=C(NN1C(=O)/C(=C\c2cc(Br)ccc2OCc2ccccc2Cl)SC1=S)c1cccc(Cl)c1. The highest BCUT2D eigenvalue weighted by Crippen LogP contribution is 2.35. The molecule has 1 N–H and O–H groups in total. The Morgan fingerprint density at radius 2 is 1.91 bits per heavy atom. The number of rotatable bonds is 6. The van der Waals surface area contributed by atoms with Crippen LogP contribution >= 0.6 is 63.1 Å². The molecule has 3 aromatic carbocycles. The van der Waals surface area contributed by atoms with E-state index in [-0.39, 0.29) is 10.9 Å². The third-order valence-electron chi connectivity index (χ3n) is 4.69. The Bertz CT molecular complexity index is 1330. The molecule has 2 amide bonds. The van der Waals surface area contributed by atoms with Crippen molar-refractivity contribution in [2.45, 2.75) is 6.61 Å². The van der Waals surface area contributed by atoms with Crippen molar-refractivity contribution >= 4 is 85.3 Å². The lowest BCUT2D eigenvalue weighted by molar-refractivity contribution is -0.123. The fraction of sp³-hybridized carbons (Fsp3) is 0.0417. The quantitative estimate of drug-likeness (QED) is 0.249. The first-order valence-electron chi connectivity index (χ1n) is 9.82. The number of carbonyl (C=O) groups is 2. The van der Waals surface area contributed by atoms with Gasteiger partial charge in [-0.05, 0) is 60.8 Å². The van der Waals surface area contributed by atoms with E-state index < -0.39 is 11.8 Å².